The van der Waals surface area contributed by atoms with Crippen molar-refractivity contribution in [1.29, 1.82) is 0 Å². The SMILES string of the molecule is O=[N+]([O-])c1c(NCCCn2ccnc2)ncnc1Nc1cccnc1. The molecule has 0 aliphatic carbocycles. The zero-order valence-electron chi connectivity index (χ0n) is 13.2. The first kappa shape index (κ1) is 16.3. The summed E-state index contributed by atoms with van der Waals surface area (Å²) in [5.74, 6) is 0.294. The zero-order chi connectivity index (χ0) is 17.5. The van der Waals surface area contributed by atoms with Gasteiger partial charge in [-0.2, -0.15) is 0 Å². The summed E-state index contributed by atoms with van der Waals surface area (Å²) in [6.07, 6.45) is 10.5. The van der Waals surface area contributed by atoms with Crippen LogP contribution in [0.25, 0.3) is 0 Å². The second kappa shape index (κ2) is 7.81. The normalized spacial score (nSPS) is 10.4. The van der Waals surface area contributed by atoms with Crippen LogP contribution in [-0.4, -0.2) is 36.0 Å². The van der Waals surface area contributed by atoms with Crippen molar-refractivity contribution in [3.63, 3.8) is 0 Å². The summed E-state index contributed by atoms with van der Waals surface area (Å²) in [5, 5.41) is 17.4. The maximum atomic E-state index is 11.5. The first-order valence-electron chi connectivity index (χ1n) is 7.60. The lowest BCUT2D eigenvalue weighted by Gasteiger charge is -2.10. The molecule has 25 heavy (non-hydrogen) atoms. The Kier molecular flexibility index (Phi) is 5.10. The van der Waals surface area contributed by atoms with Crippen molar-refractivity contribution < 1.29 is 4.92 Å². The number of imidazole rings is 1. The van der Waals surface area contributed by atoms with Gasteiger partial charge < -0.3 is 15.2 Å². The van der Waals surface area contributed by atoms with Crippen molar-refractivity contribution in [3.8, 4) is 0 Å². The molecule has 0 aromatic carbocycles. The van der Waals surface area contributed by atoms with Crippen molar-refractivity contribution in [1.82, 2.24) is 24.5 Å². The number of aryl methyl sites for hydroxylation is 1. The van der Waals surface area contributed by atoms with Crippen molar-refractivity contribution >= 4 is 23.0 Å². The Morgan fingerprint density at radius 2 is 2.08 bits per heavy atom. The van der Waals surface area contributed by atoms with Gasteiger partial charge in [0.05, 0.1) is 23.1 Å². The molecular formula is C15H16N8O2. The lowest BCUT2D eigenvalue weighted by atomic mass is 10.3. The molecule has 2 N–H and O–H groups in total. The average molecular weight is 340 g/mol. The number of anilines is 3. The summed E-state index contributed by atoms with van der Waals surface area (Å²) in [5.41, 5.74) is 0.407. The third-order valence-corrected chi connectivity index (χ3v) is 3.37. The highest BCUT2D eigenvalue weighted by Crippen LogP contribution is 2.30. The minimum Gasteiger partial charge on any atom is -0.364 e. The van der Waals surface area contributed by atoms with Gasteiger partial charge in [-0.3, -0.25) is 15.1 Å². The maximum Gasteiger partial charge on any atom is 0.353 e. The van der Waals surface area contributed by atoms with Crippen molar-refractivity contribution in [2.45, 2.75) is 13.0 Å². The lowest BCUT2D eigenvalue weighted by molar-refractivity contribution is -0.383. The third-order valence-electron chi connectivity index (χ3n) is 3.37. The number of nitrogens with zero attached hydrogens (tertiary/aromatic N) is 6. The molecule has 3 aromatic rings. The number of hydrogen-bond acceptors (Lipinski definition) is 8. The predicted octanol–water partition coefficient (Wildman–Crippen LogP) is 2.22. The Labute approximate surface area is 143 Å². The summed E-state index contributed by atoms with van der Waals surface area (Å²) in [6.45, 7) is 1.29. The second-order valence-corrected chi connectivity index (χ2v) is 5.12. The number of aromatic nitrogens is 5. The van der Waals surface area contributed by atoms with Crippen LogP contribution in [0, 0.1) is 10.1 Å². The summed E-state index contributed by atoms with van der Waals surface area (Å²) in [7, 11) is 0. The van der Waals surface area contributed by atoms with Crippen LogP contribution in [-0.2, 0) is 6.54 Å². The Balaban J connectivity index is 1.70. The molecule has 10 heteroatoms. The van der Waals surface area contributed by atoms with Gasteiger partial charge in [0.1, 0.15) is 6.33 Å². The Morgan fingerprint density at radius 3 is 2.80 bits per heavy atom. The number of pyridine rings is 1. The maximum absolute atomic E-state index is 11.5. The van der Waals surface area contributed by atoms with Crippen LogP contribution in [0.1, 0.15) is 6.42 Å². The van der Waals surface area contributed by atoms with E-state index < -0.39 is 4.92 Å². The van der Waals surface area contributed by atoms with Gasteiger partial charge in [-0.1, -0.05) is 0 Å². The number of nitro groups is 1. The highest BCUT2D eigenvalue weighted by molar-refractivity contribution is 5.73. The standard InChI is InChI=1S/C15H16N8O2/c24-23(25)13-14(18-5-2-7-22-8-6-17-11-22)19-10-20-15(13)21-12-3-1-4-16-9-12/h1,3-4,6,8-11H,2,5,7H2,(H2,18,19,20,21). The molecule has 0 saturated carbocycles. The molecule has 0 unspecified atom stereocenters. The molecule has 0 spiro atoms. The highest BCUT2D eigenvalue weighted by Gasteiger charge is 2.22. The van der Waals surface area contributed by atoms with Gasteiger partial charge in [-0.05, 0) is 18.6 Å². The molecule has 0 radical (unpaired) electrons. The van der Waals surface area contributed by atoms with Gasteiger partial charge in [0.2, 0.25) is 11.6 Å². The molecule has 128 valence electrons. The van der Waals surface area contributed by atoms with E-state index in [0.717, 1.165) is 13.0 Å². The molecule has 0 fully saturated rings. The molecule has 0 aliphatic rings. The van der Waals surface area contributed by atoms with Crippen LogP contribution in [0.2, 0.25) is 0 Å². The van der Waals surface area contributed by atoms with Crippen LogP contribution in [0.15, 0.2) is 49.6 Å². The van der Waals surface area contributed by atoms with Crippen LogP contribution in [0.5, 0.6) is 0 Å². The first-order valence-corrected chi connectivity index (χ1v) is 7.60. The largest absolute Gasteiger partial charge is 0.364 e. The highest BCUT2D eigenvalue weighted by atomic mass is 16.6. The monoisotopic (exact) mass is 340 g/mol. The van der Waals surface area contributed by atoms with Crippen LogP contribution in [0.3, 0.4) is 0 Å². The Hall–Kier alpha value is -3.56. The summed E-state index contributed by atoms with van der Waals surface area (Å²) in [4.78, 5) is 26.9. The minimum absolute atomic E-state index is 0.116. The van der Waals surface area contributed by atoms with Gasteiger partial charge in [0, 0.05) is 31.7 Å². The molecule has 0 amide bonds. The average Bonchev–Trinajstić information content (AvgIpc) is 3.13. The lowest BCUT2D eigenvalue weighted by Crippen LogP contribution is -2.10. The summed E-state index contributed by atoms with van der Waals surface area (Å²) in [6, 6.07) is 3.47. The minimum atomic E-state index is -0.503. The molecule has 0 aliphatic heterocycles. The Morgan fingerprint density at radius 1 is 1.20 bits per heavy atom. The van der Waals surface area contributed by atoms with Gasteiger partial charge in [-0.25, -0.2) is 15.0 Å². The summed E-state index contributed by atoms with van der Waals surface area (Å²) < 4.78 is 1.94. The van der Waals surface area contributed by atoms with Gasteiger partial charge in [-0.15, -0.1) is 0 Å². The molecule has 3 rings (SSSR count). The predicted molar refractivity (Wildman–Crippen MR) is 91.5 cm³/mol. The topological polar surface area (TPSA) is 124 Å². The van der Waals surface area contributed by atoms with E-state index in [1.165, 1.54) is 6.33 Å². The van der Waals surface area contributed by atoms with Crippen molar-refractivity contribution in [2.75, 3.05) is 17.2 Å². The second-order valence-electron chi connectivity index (χ2n) is 5.12. The zero-order valence-corrected chi connectivity index (χ0v) is 13.2. The fraction of sp³-hybridized carbons (Fsp3) is 0.200. The van der Waals surface area contributed by atoms with Crippen LogP contribution < -0.4 is 10.6 Å². The third kappa shape index (κ3) is 4.25. The Bertz CT molecular complexity index is 823. The van der Waals surface area contributed by atoms with E-state index in [0.29, 0.717) is 12.2 Å². The van der Waals surface area contributed by atoms with E-state index >= 15 is 0 Å². The number of nitrogens with one attached hydrogen (secondary N) is 2. The van der Waals surface area contributed by atoms with Gasteiger partial charge in [0.15, 0.2) is 0 Å². The molecule has 10 nitrogen and oxygen atoms in total. The van der Waals surface area contributed by atoms with Crippen molar-refractivity contribution in [3.05, 3.63) is 59.7 Å². The molecule has 0 bridgehead atoms. The van der Waals surface area contributed by atoms with E-state index in [-0.39, 0.29) is 17.3 Å². The molecular weight excluding hydrogens is 324 g/mol. The first-order chi connectivity index (χ1) is 12.2. The number of rotatable bonds is 8. The fourth-order valence-electron chi connectivity index (χ4n) is 2.23. The quantitative estimate of drug-likeness (QED) is 0.363. The van der Waals surface area contributed by atoms with Crippen LogP contribution >= 0.6 is 0 Å². The smallest absolute Gasteiger partial charge is 0.353 e. The van der Waals surface area contributed by atoms with Gasteiger partial charge >= 0.3 is 5.69 Å². The molecule has 0 atom stereocenters. The van der Waals surface area contributed by atoms with E-state index in [4.69, 9.17) is 0 Å². The molecule has 0 saturated heterocycles. The number of hydrogen-bond donors (Lipinski definition) is 2. The molecule has 3 heterocycles. The van der Waals surface area contributed by atoms with E-state index in [2.05, 4.69) is 30.6 Å². The van der Waals surface area contributed by atoms with E-state index in [1.807, 2.05) is 10.8 Å². The van der Waals surface area contributed by atoms with Crippen molar-refractivity contribution in [2.24, 2.45) is 0 Å². The van der Waals surface area contributed by atoms with Crippen LogP contribution in [0.4, 0.5) is 23.0 Å². The summed E-state index contributed by atoms with van der Waals surface area (Å²) >= 11 is 0. The van der Waals surface area contributed by atoms with Gasteiger partial charge in [0.25, 0.3) is 0 Å². The molecule has 3 aromatic heterocycles. The fourth-order valence-corrected chi connectivity index (χ4v) is 2.23. The van der Waals surface area contributed by atoms with E-state index in [1.54, 1.807) is 37.1 Å². The van der Waals surface area contributed by atoms with E-state index in [9.17, 15) is 10.1 Å².